The fourth-order valence-electron chi connectivity index (χ4n) is 3.13. The van der Waals surface area contributed by atoms with E-state index in [1.807, 2.05) is 0 Å². The number of nitrogens with one attached hydrogen (secondary N) is 1. The number of aromatic nitrogens is 2. The van der Waals surface area contributed by atoms with Crippen LogP contribution in [0.5, 0.6) is 0 Å². The maximum atomic E-state index is 11.7. The van der Waals surface area contributed by atoms with Crippen molar-refractivity contribution in [3.8, 4) is 0 Å². The molecule has 0 radical (unpaired) electrons. The Bertz CT molecular complexity index is 491. The average molecular weight is 249 g/mol. The fourth-order valence-corrected chi connectivity index (χ4v) is 3.13. The molecule has 1 aromatic heterocycles. The van der Waals surface area contributed by atoms with Gasteiger partial charge in [-0.3, -0.25) is 9.78 Å². The summed E-state index contributed by atoms with van der Waals surface area (Å²) in [5.74, 6) is 0.831. The van der Waals surface area contributed by atoms with Gasteiger partial charge < -0.3 is 10.5 Å². The van der Waals surface area contributed by atoms with Crippen LogP contribution in [0.4, 0.5) is 5.95 Å². The lowest BCUT2D eigenvalue weighted by molar-refractivity contribution is -0.0218. The van der Waals surface area contributed by atoms with Gasteiger partial charge in [0.2, 0.25) is 5.95 Å². The summed E-state index contributed by atoms with van der Waals surface area (Å²) in [7, 11) is 0. The van der Waals surface area contributed by atoms with Gasteiger partial charge in [-0.1, -0.05) is 19.3 Å². The molecule has 98 valence electrons. The predicted molar refractivity (Wildman–Crippen MR) is 68.1 cm³/mol. The molecule has 0 saturated heterocycles. The van der Waals surface area contributed by atoms with Crippen molar-refractivity contribution in [1.82, 2.24) is 9.97 Å². The first kappa shape index (κ1) is 11.7. The van der Waals surface area contributed by atoms with Crippen molar-refractivity contribution in [2.24, 2.45) is 5.92 Å². The molecule has 3 N–H and O–H groups in total. The Balaban J connectivity index is 1.82. The lowest BCUT2D eigenvalue weighted by Crippen LogP contribution is -2.35. The third kappa shape index (κ3) is 2.14. The lowest BCUT2D eigenvalue weighted by Gasteiger charge is -2.33. The summed E-state index contributed by atoms with van der Waals surface area (Å²) in [6, 6.07) is 0. The first-order valence-electron chi connectivity index (χ1n) is 6.73. The molecule has 1 aromatic rings. The molecule has 1 aliphatic carbocycles. The topological polar surface area (TPSA) is 81.0 Å². The Hall–Kier alpha value is -1.36. The van der Waals surface area contributed by atoms with Crippen LogP contribution < -0.4 is 11.3 Å². The van der Waals surface area contributed by atoms with Crippen LogP contribution in [0.1, 0.15) is 43.4 Å². The molecule has 2 aliphatic rings. The van der Waals surface area contributed by atoms with E-state index in [2.05, 4.69) is 9.97 Å². The van der Waals surface area contributed by atoms with Gasteiger partial charge in [0.1, 0.15) is 0 Å². The van der Waals surface area contributed by atoms with Gasteiger partial charge in [-0.15, -0.1) is 0 Å². The molecule has 2 heterocycles. The molecule has 0 amide bonds. The number of H-pyrrole nitrogens is 1. The molecule has 5 heteroatoms. The molecule has 3 rings (SSSR count). The highest BCUT2D eigenvalue weighted by Gasteiger charge is 2.30. The second kappa shape index (κ2) is 4.72. The smallest absolute Gasteiger partial charge is 0.258 e. The molecule has 18 heavy (non-hydrogen) atoms. The molecule has 1 fully saturated rings. The maximum Gasteiger partial charge on any atom is 0.258 e. The minimum absolute atomic E-state index is 0.153. The monoisotopic (exact) mass is 249 g/mol. The Labute approximate surface area is 106 Å². The summed E-state index contributed by atoms with van der Waals surface area (Å²) < 4.78 is 5.86. The van der Waals surface area contributed by atoms with E-state index in [4.69, 9.17) is 10.5 Å². The van der Waals surface area contributed by atoms with Crippen LogP contribution in [-0.2, 0) is 17.8 Å². The number of aromatic amines is 1. The maximum absolute atomic E-state index is 11.7. The summed E-state index contributed by atoms with van der Waals surface area (Å²) in [6.45, 7) is 0.374. The van der Waals surface area contributed by atoms with Crippen molar-refractivity contribution in [3.05, 3.63) is 21.6 Å². The molecule has 5 nitrogen and oxygen atoms in total. The molecule has 1 aliphatic heterocycles. The molecule has 1 saturated carbocycles. The first-order chi connectivity index (χ1) is 8.74. The number of anilines is 1. The second-order valence-electron chi connectivity index (χ2n) is 5.33. The Morgan fingerprint density at radius 3 is 2.83 bits per heavy atom. The zero-order chi connectivity index (χ0) is 12.5. The number of fused-ring (bicyclic) bond motifs is 1. The van der Waals surface area contributed by atoms with Crippen LogP contribution in [-0.4, -0.2) is 16.1 Å². The van der Waals surface area contributed by atoms with E-state index in [-0.39, 0.29) is 17.6 Å². The molecule has 1 atom stereocenters. The standard InChI is InChI=1S/C13H19N3O2/c14-13-15-10-6-11(8-4-2-1-3-5-8)18-7-9(10)12(17)16-13/h8,11H,1-7H2,(H3,14,15,16,17). The molecule has 0 bridgehead atoms. The van der Waals surface area contributed by atoms with E-state index in [0.717, 1.165) is 12.1 Å². The van der Waals surface area contributed by atoms with Gasteiger partial charge in [-0.05, 0) is 18.8 Å². The van der Waals surface area contributed by atoms with Gasteiger partial charge in [0, 0.05) is 6.42 Å². The third-order valence-corrected chi connectivity index (χ3v) is 4.13. The molecular formula is C13H19N3O2. The number of hydrogen-bond donors (Lipinski definition) is 2. The zero-order valence-corrected chi connectivity index (χ0v) is 10.4. The van der Waals surface area contributed by atoms with E-state index >= 15 is 0 Å². The van der Waals surface area contributed by atoms with Crippen molar-refractivity contribution >= 4 is 5.95 Å². The van der Waals surface area contributed by atoms with E-state index in [0.29, 0.717) is 18.1 Å². The van der Waals surface area contributed by atoms with E-state index < -0.39 is 0 Å². The van der Waals surface area contributed by atoms with Crippen LogP contribution in [0, 0.1) is 5.92 Å². The summed E-state index contributed by atoms with van der Waals surface area (Å²) in [5, 5.41) is 0. The lowest BCUT2D eigenvalue weighted by atomic mass is 9.82. The van der Waals surface area contributed by atoms with Crippen molar-refractivity contribution in [2.75, 3.05) is 5.73 Å². The normalized spacial score (nSPS) is 24.8. The van der Waals surface area contributed by atoms with E-state index in [1.54, 1.807) is 0 Å². The number of rotatable bonds is 1. The Morgan fingerprint density at radius 2 is 2.06 bits per heavy atom. The van der Waals surface area contributed by atoms with Crippen molar-refractivity contribution in [1.29, 1.82) is 0 Å². The predicted octanol–water partition coefficient (Wildman–Crippen LogP) is 1.37. The van der Waals surface area contributed by atoms with Crippen molar-refractivity contribution in [3.63, 3.8) is 0 Å². The second-order valence-corrected chi connectivity index (χ2v) is 5.33. The summed E-state index contributed by atoms with van der Waals surface area (Å²) in [4.78, 5) is 18.5. The zero-order valence-electron chi connectivity index (χ0n) is 10.4. The quantitative estimate of drug-likeness (QED) is 0.787. The summed E-state index contributed by atoms with van der Waals surface area (Å²) >= 11 is 0. The third-order valence-electron chi connectivity index (χ3n) is 4.13. The highest BCUT2D eigenvalue weighted by Crippen LogP contribution is 2.32. The Kier molecular flexibility index (Phi) is 3.07. The molecule has 0 aromatic carbocycles. The number of nitrogen functional groups attached to an aromatic ring is 1. The summed E-state index contributed by atoms with van der Waals surface area (Å²) in [5.41, 5.74) is 6.93. The average Bonchev–Trinajstić information content (AvgIpc) is 2.39. The van der Waals surface area contributed by atoms with Crippen LogP contribution in [0.15, 0.2) is 4.79 Å². The highest BCUT2D eigenvalue weighted by molar-refractivity contribution is 5.26. The minimum atomic E-state index is -0.153. The van der Waals surface area contributed by atoms with Crippen molar-refractivity contribution < 1.29 is 4.74 Å². The van der Waals surface area contributed by atoms with Gasteiger partial charge in [-0.2, -0.15) is 0 Å². The number of nitrogens with two attached hydrogens (primary N) is 1. The molecular weight excluding hydrogens is 230 g/mol. The first-order valence-corrected chi connectivity index (χ1v) is 6.73. The summed E-state index contributed by atoms with van der Waals surface area (Å²) in [6.07, 6.45) is 7.34. The van der Waals surface area contributed by atoms with Gasteiger partial charge in [0.15, 0.2) is 0 Å². The minimum Gasteiger partial charge on any atom is -0.373 e. The van der Waals surface area contributed by atoms with Crippen LogP contribution >= 0.6 is 0 Å². The number of nitrogens with zero attached hydrogens (tertiary/aromatic N) is 1. The Morgan fingerprint density at radius 1 is 1.28 bits per heavy atom. The SMILES string of the molecule is Nc1nc2c(c(=O)[nH]1)COC(C1CCCCC1)C2. The van der Waals surface area contributed by atoms with E-state index in [1.165, 1.54) is 32.1 Å². The van der Waals surface area contributed by atoms with Gasteiger partial charge >= 0.3 is 0 Å². The number of hydrogen-bond acceptors (Lipinski definition) is 4. The number of ether oxygens (including phenoxy) is 1. The van der Waals surface area contributed by atoms with Crippen LogP contribution in [0.3, 0.4) is 0 Å². The van der Waals surface area contributed by atoms with Crippen LogP contribution in [0.2, 0.25) is 0 Å². The van der Waals surface area contributed by atoms with E-state index in [9.17, 15) is 4.79 Å². The van der Waals surface area contributed by atoms with Crippen molar-refractivity contribution in [2.45, 2.75) is 51.2 Å². The van der Waals surface area contributed by atoms with Gasteiger partial charge in [0.25, 0.3) is 5.56 Å². The van der Waals surface area contributed by atoms with Gasteiger partial charge in [0.05, 0.1) is 24.0 Å². The molecule has 0 spiro atoms. The van der Waals surface area contributed by atoms with Gasteiger partial charge in [-0.25, -0.2) is 4.98 Å². The highest BCUT2D eigenvalue weighted by atomic mass is 16.5. The van der Waals surface area contributed by atoms with Crippen LogP contribution in [0.25, 0.3) is 0 Å². The molecule has 1 unspecified atom stereocenters. The fraction of sp³-hybridized carbons (Fsp3) is 0.692. The largest absolute Gasteiger partial charge is 0.373 e.